The third-order valence-corrected chi connectivity index (χ3v) is 3.68. The van der Waals surface area contributed by atoms with Crippen LogP contribution in [0.2, 0.25) is 0 Å². The Balaban J connectivity index is 2.06. The van der Waals surface area contributed by atoms with Crippen LogP contribution in [0, 0.1) is 0 Å². The van der Waals surface area contributed by atoms with Gasteiger partial charge < -0.3 is 4.48 Å². The third-order valence-electron chi connectivity index (χ3n) is 3.68. The van der Waals surface area contributed by atoms with E-state index in [0.29, 0.717) is 0 Å². The Morgan fingerprint density at radius 2 is 2.20 bits per heavy atom. The average Bonchev–Trinajstić information content (AvgIpc) is 2.59. The molecule has 0 radical (unpaired) electrons. The molecule has 0 aromatic carbocycles. The fourth-order valence-electron chi connectivity index (χ4n) is 2.75. The number of hydrogen-bond acceptors (Lipinski definition) is 0. The molecule has 0 aromatic rings. The first-order chi connectivity index (χ1) is 4.77. The Bertz CT molecular complexity index is 144. The molecule has 0 bridgehead atoms. The van der Waals surface area contributed by atoms with Crippen LogP contribution in [0.5, 0.6) is 0 Å². The first kappa shape index (κ1) is 6.66. The quantitative estimate of drug-likeness (QED) is 0.385. The molecular weight excluding hydrogens is 122 g/mol. The highest BCUT2D eigenvalue weighted by molar-refractivity contribution is 4.82. The number of likely N-dealkylation sites (N-methyl/N-ethyl adjacent to an activating group) is 1. The highest BCUT2D eigenvalue weighted by Crippen LogP contribution is 2.42. The minimum absolute atomic E-state index is 1.01. The Kier molecular flexibility index (Phi) is 1.31. The second-order valence-electron chi connectivity index (χ2n) is 4.18. The summed E-state index contributed by atoms with van der Waals surface area (Å²) in [6.45, 7) is 3.83. The molecule has 1 nitrogen and oxygen atoms in total. The molecule has 1 heteroatoms. The first-order valence-corrected chi connectivity index (χ1v) is 4.62. The van der Waals surface area contributed by atoms with Crippen molar-refractivity contribution in [2.45, 2.75) is 44.7 Å². The third kappa shape index (κ3) is 0.731. The molecule has 0 saturated carbocycles. The van der Waals surface area contributed by atoms with E-state index < -0.39 is 0 Å². The van der Waals surface area contributed by atoms with E-state index in [1.54, 1.807) is 0 Å². The summed E-state index contributed by atoms with van der Waals surface area (Å²) in [6, 6.07) is 2.08. The molecule has 2 aliphatic heterocycles. The number of piperidine rings is 1. The van der Waals surface area contributed by atoms with Crippen LogP contribution >= 0.6 is 0 Å². The van der Waals surface area contributed by atoms with Crippen molar-refractivity contribution in [1.82, 2.24) is 0 Å². The van der Waals surface area contributed by atoms with Gasteiger partial charge in [0.15, 0.2) is 0 Å². The van der Waals surface area contributed by atoms with Gasteiger partial charge in [0.1, 0.15) is 12.6 Å². The number of fused-ring (bicyclic) bond motifs is 1. The van der Waals surface area contributed by atoms with E-state index in [1.165, 1.54) is 36.7 Å². The fourth-order valence-corrected chi connectivity index (χ4v) is 2.75. The summed E-state index contributed by atoms with van der Waals surface area (Å²) >= 11 is 0. The van der Waals surface area contributed by atoms with Crippen molar-refractivity contribution in [3.05, 3.63) is 0 Å². The molecule has 2 aliphatic rings. The highest BCUT2D eigenvalue weighted by atomic mass is 15.5. The van der Waals surface area contributed by atoms with Crippen LogP contribution < -0.4 is 0 Å². The fraction of sp³-hybridized carbons (Fsp3) is 1.00. The molecule has 10 heavy (non-hydrogen) atoms. The largest absolute Gasteiger partial charge is 0.312 e. The molecule has 2 heterocycles. The van der Waals surface area contributed by atoms with Gasteiger partial charge in [0.2, 0.25) is 0 Å². The summed E-state index contributed by atoms with van der Waals surface area (Å²) in [5, 5.41) is 0. The molecule has 2 saturated heterocycles. The summed E-state index contributed by atoms with van der Waals surface area (Å²) in [5.74, 6) is 0. The van der Waals surface area contributed by atoms with E-state index in [1.807, 2.05) is 0 Å². The second kappa shape index (κ2) is 1.97. The minimum atomic E-state index is 1.01. The van der Waals surface area contributed by atoms with E-state index in [4.69, 9.17) is 0 Å². The first-order valence-electron chi connectivity index (χ1n) is 4.62. The molecule has 0 amide bonds. The van der Waals surface area contributed by atoms with Gasteiger partial charge in [-0.2, -0.15) is 0 Å². The van der Waals surface area contributed by atoms with Gasteiger partial charge in [0.05, 0.1) is 13.1 Å². The number of quaternary nitrogens is 1. The van der Waals surface area contributed by atoms with E-state index in [-0.39, 0.29) is 0 Å². The zero-order valence-corrected chi connectivity index (χ0v) is 7.14. The Morgan fingerprint density at radius 3 is 2.80 bits per heavy atom. The summed E-state index contributed by atoms with van der Waals surface area (Å²) in [7, 11) is 2.44. The molecule has 2 rings (SSSR count). The molecular formula is C9H18N+. The molecule has 0 aliphatic carbocycles. The predicted molar refractivity (Wildman–Crippen MR) is 42.8 cm³/mol. The van der Waals surface area contributed by atoms with Gasteiger partial charge in [-0.3, -0.25) is 0 Å². The molecule has 3 unspecified atom stereocenters. The van der Waals surface area contributed by atoms with Gasteiger partial charge in [0, 0.05) is 6.42 Å². The van der Waals surface area contributed by atoms with E-state index in [2.05, 4.69) is 14.0 Å². The van der Waals surface area contributed by atoms with Crippen molar-refractivity contribution in [3.8, 4) is 0 Å². The van der Waals surface area contributed by atoms with Crippen molar-refractivity contribution in [1.29, 1.82) is 0 Å². The SMILES string of the molecule is CCC1CCCC2C[N+]12C. The van der Waals surface area contributed by atoms with Crippen LogP contribution in [0.1, 0.15) is 32.6 Å². The van der Waals surface area contributed by atoms with Crippen LogP contribution in [-0.2, 0) is 0 Å². The molecule has 0 aromatic heterocycles. The maximum absolute atomic E-state index is 2.44. The molecule has 3 atom stereocenters. The van der Waals surface area contributed by atoms with Crippen molar-refractivity contribution >= 4 is 0 Å². The van der Waals surface area contributed by atoms with Crippen molar-refractivity contribution in [2.24, 2.45) is 0 Å². The smallest absolute Gasteiger partial charge is 0.139 e. The number of nitrogens with zero attached hydrogens (tertiary/aromatic N) is 1. The van der Waals surface area contributed by atoms with Crippen LogP contribution in [0.4, 0.5) is 0 Å². The summed E-state index contributed by atoms with van der Waals surface area (Å²) in [5.41, 5.74) is 0. The van der Waals surface area contributed by atoms with Gasteiger partial charge in [-0.15, -0.1) is 0 Å². The zero-order chi connectivity index (χ0) is 7.19. The van der Waals surface area contributed by atoms with E-state index in [9.17, 15) is 0 Å². The molecule has 58 valence electrons. The Labute approximate surface area is 63.6 Å². The summed E-state index contributed by atoms with van der Waals surface area (Å²) in [6.07, 6.45) is 5.89. The van der Waals surface area contributed by atoms with Gasteiger partial charge in [-0.1, -0.05) is 6.92 Å². The lowest BCUT2D eigenvalue weighted by Gasteiger charge is -2.29. The summed E-state index contributed by atoms with van der Waals surface area (Å²) < 4.78 is 1.43. The number of hydrogen-bond donors (Lipinski definition) is 0. The van der Waals surface area contributed by atoms with Crippen LogP contribution in [0.25, 0.3) is 0 Å². The lowest BCUT2D eigenvalue weighted by molar-refractivity contribution is -0.825. The normalized spacial score (nSPS) is 52.2. The maximum Gasteiger partial charge on any atom is 0.139 e. The minimum Gasteiger partial charge on any atom is -0.312 e. The van der Waals surface area contributed by atoms with Crippen LogP contribution in [0.15, 0.2) is 0 Å². The standard InChI is InChI=1S/C9H18N/c1-3-8-5-4-6-9-7-10(8,9)2/h8-9H,3-7H2,1-2H3/q+1. The van der Waals surface area contributed by atoms with Crippen molar-refractivity contribution in [2.75, 3.05) is 13.6 Å². The molecule has 2 fully saturated rings. The highest BCUT2D eigenvalue weighted by Gasteiger charge is 2.56. The Hall–Kier alpha value is -0.0400. The molecule has 0 spiro atoms. The van der Waals surface area contributed by atoms with E-state index >= 15 is 0 Å². The molecule has 0 N–H and O–H groups in total. The van der Waals surface area contributed by atoms with Gasteiger partial charge in [-0.25, -0.2) is 0 Å². The van der Waals surface area contributed by atoms with Crippen LogP contribution in [0.3, 0.4) is 0 Å². The second-order valence-corrected chi connectivity index (χ2v) is 4.18. The maximum atomic E-state index is 2.44. The van der Waals surface area contributed by atoms with E-state index in [0.717, 1.165) is 12.1 Å². The predicted octanol–water partition coefficient (Wildman–Crippen LogP) is 1.78. The summed E-state index contributed by atoms with van der Waals surface area (Å²) in [4.78, 5) is 0. The Morgan fingerprint density at radius 1 is 1.40 bits per heavy atom. The van der Waals surface area contributed by atoms with Crippen molar-refractivity contribution in [3.63, 3.8) is 0 Å². The zero-order valence-electron chi connectivity index (χ0n) is 7.14. The van der Waals surface area contributed by atoms with Gasteiger partial charge in [0.25, 0.3) is 0 Å². The van der Waals surface area contributed by atoms with Crippen molar-refractivity contribution < 1.29 is 4.48 Å². The van der Waals surface area contributed by atoms with Gasteiger partial charge in [-0.05, 0) is 19.3 Å². The topological polar surface area (TPSA) is 0 Å². The lowest BCUT2D eigenvalue weighted by Crippen LogP contribution is -2.38. The van der Waals surface area contributed by atoms with Crippen LogP contribution in [-0.4, -0.2) is 30.2 Å². The van der Waals surface area contributed by atoms with Gasteiger partial charge >= 0.3 is 0 Å². The lowest BCUT2D eigenvalue weighted by atomic mass is 10.0. The number of rotatable bonds is 1. The monoisotopic (exact) mass is 140 g/mol. The average molecular weight is 140 g/mol.